The number of nitrogens with zero attached hydrogens (tertiary/aromatic N) is 6. The molecular formula is C18H33N7O2S2. The Kier molecular flexibility index (Phi) is 7.69. The van der Waals surface area contributed by atoms with Crippen LogP contribution in [-0.4, -0.2) is 91.6 Å². The van der Waals surface area contributed by atoms with Crippen LogP contribution in [0.4, 0.5) is 5.13 Å². The van der Waals surface area contributed by atoms with Crippen LogP contribution in [0.2, 0.25) is 0 Å². The predicted molar refractivity (Wildman–Crippen MR) is 118 cm³/mol. The van der Waals surface area contributed by atoms with E-state index in [1.807, 2.05) is 0 Å². The van der Waals surface area contributed by atoms with E-state index in [1.165, 1.54) is 17.8 Å². The molecule has 1 N–H and O–H groups in total. The van der Waals surface area contributed by atoms with Crippen LogP contribution < -0.4 is 10.2 Å². The number of rotatable bonds is 6. The van der Waals surface area contributed by atoms with Crippen molar-refractivity contribution in [2.75, 3.05) is 63.5 Å². The highest BCUT2D eigenvalue weighted by Crippen LogP contribution is 2.21. The number of aromatic nitrogens is 2. The van der Waals surface area contributed by atoms with Gasteiger partial charge in [0.2, 0.25) is 15.2 Å². The first-order chi connectivity index (χ1) is 13.9. The minimum atomic E-state index is -3.07. The van der Waals surface area contributed by atoms with Gasteiger partial charge in [0.25, 0.3) is 0 Å². The summed E-state index contributed by atoms with van der Waals surface area (Å²) in [7, 11) is -3.07. The molecule has 0 atom stereocenters. The summed E-state index contributed by atoms with van der Waals surface area (Å²) >= 11 is 1.49. The Morgan fingerprint density at radius 3 is 2.41 bits per heavy atom. The van der Waals surface area contributed by atoms with Gasteiger partial charge in [-0.25, -0.2) is 17.7 Å². The molecule has 2 aliphatic heterocycles. The topological polar surface area (TPSA) is 94.0 Å². The van der Waals surface area contributed by atoms with Crippen molar-refractivity contribution in [3.63, 3.8) is 0 Å². The molecule has 164 valence electrons. The molecule has 3 rings (SSSR count). The molecule has 0 radical (unpaired) electrons. The lowest BCUT2D eigenvalue weighted by molar-refractivity contribution is 0.279. The van der Waals surface area contributed by atoms with Gasteiger partial charge in [-0.2, -0.15) is 4.37 Å². The van der Waals surface area contributed by atoms with Crippen molar-refractivity contribution in [2.24, 2.45) is 10.9 Å². The zero-order valence-electron chi connectivity index (χ0n) is 17.7. The van der Waals surface area contributed by atoms with Gasteiger partial charge in [-0.05, 0) is 25.7 Å². The molecule has 0 spiro atoms. The second-order valence-electron chi connectivity index (χ2n) is 7.62. The largest absolute Gasteiger partial charge is 0.357 e. The maximum absolute atomic E-state index is 11.7. The molecule has 0 bridgehead atoms. The number of hydrogen-bond acceptors (Lipinski definition) is 7. The third-order valence-corrected chi connectivity index (χ3v) is 7.62. The van der Waals surface area contributed by atoms with Crippen molar-refractivity contribution in [3.8, 4) is 0 Å². The molecule has 29 heavy (non-hydrogen) atoms. The molecule has 2 aliphatic rings. The Hall–Kier alpha value is -1.46. The summed E-state index contributed by atoms with van der Waals surface area (Å²) in [5.74, 6) is 2.32. The number of aryl methyl sites for hydroxylation is 1. The fraction of sp³-hybridized carbons (Fsp3) is 0.833. The highest BCUT2D eigenvalue weighted by atomic mass is 32.2. The number of guanidine groups is 1. The third kappa shape index (κ3) is 6.02. The van der Waals surface area contributed by atoms with E-state index >= 15 is 0 Å². The minimum absolute atomic E-state index is 0.441. The standard InChI is InChI=1S/C18H33N7O2S2/c1-4-16-21-18(28-22-16)24-12-10-23(11-13-24)17(19-5-2)20-14-15-6-8-25(9-7-15)29(3,26)27/h15H,4-14H2,1-3H3,(H,19,20). The maximum atomic E-state index is 11.7. The Morgan fingerprint density at radius 1 is 1.17 bits per heavy atom. The van der Waals surface area contributed by atoms with Crippen molar-refractivity contribution in [1.82, 2.24) is 23.9 Å². The number of piperidine rings is 1. The molecule has 0 aromatic carbocycles. The summed E-state index contributed by atoms with van der Waals surface area (Å²) in [5, 5.41) is 4.43. The van der Waals surface area contributed by atoms with Crippen LogP contribution in [0.25, 0.3) is 0 Å². The normalized spacial score (nSPS) is 20.3. The van der Waals surface area contributed by atoms with Crippen molar-refractivity contribution >= 4 is 32.6 Å². The average Bonchev–Trinajstić information content (AvgIpc) is 3.20. The molecule has 3 heterocycles. The number of anilines is 1. The minimum Gasteiger partial charge on any atom is -0.357 e. The molecule has 2 saturated heterocycles. The highest BCUT2D eigenvalue weighted by molar-refractivity contribution is 7.88. The summed E-state index contributed by atoms with van der Waals surface area (Å²) in [6, 6.07) is 0. The van der Waals surface area contributed by atoms with Crippen LogP contribution in [0.1, 0.15) is 32.5 Å². The average molecular weight is 444 g/mol. The molecule has 0 saturated carbocycles. The van der Waals surface area contributed by atoms with Crippen molar-refractivity contribution in [2.45, 2.75) is 33.1 Å². The first-order valence-corrected chi connectivity index (χ1v) is 13.1. The van der Waals surface area contributed by atoms with Gasteiger partial charge in [-0.3, -0.25) is 4.99 Å². The number of hydrogen-bond donors (Lipinski definition) is 1. The Bertz CT molecular complexity index is 780. The van der Waals surface area contributed by atoms with Crippen LogP contribution >= 0.6 is 11.5 Å². The molecule has 2 fully saturated rings. The molecule has 0 amide bonds. The Balaban J connectivity index is 1.52. The van der Waals surface area contributed by atoms with Gasteiger partial charge in [-0.15, -0.1) is 0 Å². The van der Waals surface area contributed by atoms with Crippen molar-refractivity contribution in [3.05, 3.63) is 5.82 Å². The summed E-state index contributed by atoms with van der Waals surface area (Å²) in [5.41, 5.74) is 0. The van der Waals surface area contributed by atoms with Gasteiger partial charge in [0.15, 0.2) is 5.96 Å². The van der Waals surface area contributed by atoms with E-state index in [2.05, 4.69) is 38.3 Å². The smallest absolute Gasteiger partial charge is 0.211 e. The zero-order chi connectivity index (χ0) is 20.9. The van der Waals surface area contributed by atoms with Crippen LogP contribution in [0.3, 0.4) is 0 Å². The summed E-state index contributed by atoms with van der Waals surface area (Å²) < 4.78 is 29.3. The van der Waals surface area contributed by atoms with E-state index in [-0.39, 0.29) is 0 Å². The number of aliphatic imine (C=N–C) groups is 1. The summed E-state index contributed by atoms with van der Waals surface area (Å²) in [6.45, 7) is 10.6. The van der Waals surface area contributed by atoms with Gasteiger partial charge >= 0.3 is 0 Å². The van der Waals surface area contributed by atoms with Gasteiger partial charge in [0.05, 0.1) is 6.26 Å². The molecule has 11 heteroatoms. The van der Waals surface area contributed by atoms with Crippen LogP contribution in [0.5, 0.6) is 0 Å². The van der Waals surface area contributed by atoms with E-state index < -0.39 is 10.0 Å². The Morgan fingerprint density at radius 2 is 1.86 bits per heavy atom. The van der Waals surface area contributed by atoms with Gasteiger partial charge < -0.3 is 15.1 Å². The highest BCUT2D eigenvalue weighted by Gasteiger charge is 2.26. The lowest BCUT2D eigenvalue weighted by Gasteiger charge is -2.36. The SMILES string of the molecule is CCNC(=NCC1CCN(S(C)(=O)=O)CC1)N1CCN(c2nc(CC)ns2)CC1. The van der Waals surface area contributed by atoms with E-state index in [9.17, 15) is 8.42 Å². The monoisotopic (exact) mass is 443 g/mol. The van der Waals surface area contributed by atoms with E-state index in [0.717, 1.165) is 75.4 Å². The molecular weight excluding hydrogens is 410 g/mol. The summed E-state index contributed by atoms with van der Waals surface area (Å²) in [4.78, 5) is 14.1. The first-order valence-electron chi connectivity index (χ1n) is 10.5. The molecule has 1 aromatic heterocycles. The lowest BCUT2D eigenvalue weighted by Crippen LogP contribution is -2.52. The third-order valence-electron chi connectivity index (χ3n) is 5.50. The first kappa shape index (κ1) is 22.2. The van der Waals surface area contributed by atoms with Crippen LogP contribution in [0, 0.1) is 5.92 Å². The van der Waals surface area contributed by atoms with Gasteiger partial charge in [0, 0.05) is 70.3 Å². The van der Waals surface area contributed by atoms with Crippen molar-refractivity contribution < 1.29 is 8.42 Å². The molecule has 9 nitrogen and oxygen atoms in total. The maximum Gasteiger partial charge on any atom is 0.211 e. The fourth-order valence-electron chi connectivity index (χ4n) is 3.69. The zero-order valence-corrected chi connectivity index (χ0v) is 19.3. The number of piperazine rings is 1. The van der Waals surface area contributed by atoms with Gasteiger partial charge in [0.1, 0.15) is 5.82 Å². The Labute approximate surface area is 178 Å². The fourth-order valence-corrected chi connectivity index (χ4v) is 5.37. The van der Waals surface area contributed by atoms with Crippen LogP contribution in [-0.2, 0) is 16.4 Å². The summed E-state index contributed by atoms with van der Waals surface area (Å²) in [6.07, 6.45) is 3.91. The number of nitrogens with one attached hydrogen (secondary N) is 1. The second-order valence-corrected chi connectivity index (χ2v) is 10.3. The predicted octanol–water partition coefficient (Wildman–Crippen LogP) is 0.860. The van der Waals surface area contributed by atoms with E-state index in [1.54, 1.807) is 4.31 Å². The van der Waals surface area contributed by atoms with E-state index in [0.29, 0.717) is 19.0 Å². The molecule has 0 aliphatic carbocycles. The molecule has 0 unspecified atom stereocenters. The lowest BCUT2D eigenvalue weighted by atomic mass is 9.98. The van der Waals surface area contributed by atoms with Gasteiger partial charge in [-0.1, -0.05) is 6.92 Å². The van der Waals surface area contributed by atoms with Crippen molar-refractivity contribution in [1.29, 1.82) is 0 Å². The quantitative estimate of drug-likeness (QED) is 0.515. The molecule has 1 aromatic rings. The second kappa shape index (κ2) is 10.0. The number of sulfonamides is 1. The van der Waals surface area contributed by atoms with E-state index in [4.69, 9.17) is 4.99 Å². The van der Waals surface area contributed by atoms with Crippen LogP contribution in [0.15, 0.2) is 4.99 Å².